The number of methoxy groups -OCH3 is 3. The maximum atomic E-state index is 13.1. The molecule has 1 fully saturated rings. The fraction of sp³-hybridized carbons (Fsp3) is 0.333. The topological polar surface area (TPSA) is 76.2 Å². The summed E-state index contributed by atoms with van der Waals surface area (Å²) in [7, 11) is 4.83. The van der Waals surface area contributed by atoms with E-state index in [-0.39, 0.29) is 5.91 Å². The van der Waals surface area contributed by atoms with Gasteiger partial charge in [0, 0.05) is 57.1 Å². The Morgan fingerprint density at radius 2 is 1.63 bits per heavy atom. The molecule has 1 aliphatic heterocycles. The minimum atomic E-state index is -0.0209. The van der Waals surface area contributed by atoms with Gasteiger partial charge in [0.15, 0.2) is 0 Å². The average molecular weight is 477 g/mol. The molecule has 0 spiro atoms. The summed E-state index contributed by atoms with van der Waals surface area (Å²) >= 11 is 0. The van der Waals surface area contributed by atoms with Crippen molar-refractivity contribution in [3.63, 3.8) is 0 Å². The summed E-state index contributed by atoms with van der Waals surface area (Å²) in [5.41, 5.74) is 2.85. The Kier molecular flexibility index (Phi) is 8.05. The Labute approximate surface area is 206 Å². The zero-order chi connectivity index (χ0) is 24.6. The highest BCUT2D eigenvalue weighted by Gasteiger charge is 2.25. The second-order valence-electron chi connectivity index (χ2n) is 8.35. The van der Waals surface area contributed by atoms with Crippen LogP contribution in [-0.4, -0.2) is 68.2 Å². The standard InChI is InChI=1S/C27H32N4O4/c1-33-22-8-6-20(7-9-22)18-29-26-21(5-4-12-28-26)19-30-13-15-31(16-14-30)27(32)24-11-10-23(34-2)17-25(24)35-3/h4-12,17H,13-16,18-19H2,1-3H3,(H,28,29). The molecule has 1 N–H and O–H groups in total. The summed E-state index contributed by atoms with van der Waals surface area (Å²) < 4.78 is 15.9. The fourth-order valence-corrected chi connectivity index (χ4v) is 4.15. The summed E-state index contributed by atoms with van der Waals surface area (Å²) in [6.07, 6.45) is 1.80. The molecule has 0 unspecified atom stereocenters. The number of hydrogen-bond donors (Lipinski definition) is 1. The van der Waals surface area contributed by atoms with Gasteiger partial charge >= 0.3 is 0 Å². The molecular formula is C27H32N4O4. The molecule has 1 aliphatic rings. The number of aromatic nitrogens is 1. The zero-order valence-electron chi connectivity index (χ0n) is 20.5. The molecule has 184 valence electrons. The van der Waals surface area contributed by atoms with Crippen LogP contribution in [0.25, 0.3) is 0 Å². The largest absolute Gasteiger partial charge is 0.497 e. The van der Waals surface area contributed by atoms with Crippen LogP contribution in [-0.2, 0) is 13.1 Å². The van der Waals surface area contributed by atoms with E-state index in [0.717, 1.165) is 42.3 Å². The van der Waals surface area contributed by atoms with Gasteiger partial charge in [0.25, 0.3) is 5.91 Å². The maximum absolute atomic E-state index is 13.1. The molecule has 1 amide bonds. The molecule has 3 aromatic rings. The Hall–Kier alpha value is -3.78. The third-order valence-electron chi connectivity index (χ3n) is 6.20. The summed E-state index contributed by atoms with van der Waals surface area (Å²) in [4.78, 5) is 21.9. The van der Waals surface area contributed by atoms with Gasteiger partial charge in [-0.25, -0.2) is 4.98 Å². The van der Waals surface area contributed by atoms with Gasteiger partial charge < -0.3 is 24.4 Å². The molecule has 1 aromatic heterocycles. The van der Waals surface area contributed by atoms with Gasteiger partial charge in [0.05, 0.1) is 26.9 Å². The van der Waals surface area contributed by atoms with Gasteiger partial charge in [-0.05, 0) is 35.9 Å². The first kappa shape index (κ1) is 24.3. The number of anilines is 1. The van der Waals surface area contributed by atoms with Crippen molar-refractivity contribution < 1.29 is 19.0 Å². The molecule has 8 heteroatoms. The zero-order valence-corrected chi connectivity index (χ0v) is 20.5. The first-order chi connectivity index (χ1) is 17.1. The third kappa shape index (κ3) is 6.02. The second-order valence-corrected chi connectivity index (χ2v) is 8.35. The lowest BCUT2D eigenvalue weighted by Crippen LogP contribution is -2.48. The van der Waals surface area contributed by atoms with Crippen molar-refractivity contribution in [2.75, 3.05) is 52.8 Å². The van der Waals surface area contributed by atoms with E-state index in [1.807, 2.05) is 35.2 Å². The number of nitrogens with zero attached hydrogens (tertiary/aromatic N) is 3. The molecule has 0 saturated carbocycles. The quantitative estimate of drug-likeness (QED) is 0.505. The lowest BCUT2D eigenvalue weighted by Gasteiger charge is -2.35. The maximum Gasteiger partial charge on any atom is 0.257 e. The van der Waals surface area contributed by atoms with Gasteiger partial charge in [-0.3, -0.25) is 9.69 Å². The van der Waals surface area contributed by atoms with Gasteiger partial charge in [-0.1, -0.05) is 18.2 Å². The molecular weight excluding hydrogens is 444 g/mol. The van der Waals surface area contributed by atoms with Crippen LogP contribution in [0.2, 0.25) is 0 Å². The Morgan fingerprint density at radius 1 is 0.914 bits per heavy atom. The van der Waals surface area contributed by atoms with Gasteiger partial charge in [-0.15, -0.1) is 0 Å². The summed E-state index contributed by atoms with van der Waals surface area (Å²) in [5.74, 6) is 2.89. The Balaban J connectivity index is 1.34. The van der Waals surface area contributed by atoms with Crippen LogP contribution in [0.5, 0.6) is 17.2 Å². The van der Waals surface area contributed by atoms with E-state index >= 15 is 0 Å². The van der Waals surface area contributed by atoms with Crippen LogP contribution in [0, 0.1) is 0 Å². The smallest absolute Gasteiger partial charge is 0.257 e. The minimum absolute atomic E-state index is 0.0209. The van der Waals surface area contributed by atoms with Crippen LogP contribution in [0.1, 0.15) is 21.5 Å². The van der Waals surface area contributed by atoms with Crippen molar-refractivity contribution in [2.45, 2.75) is 13.1 Å². The van der Waals surface area contributed by atoms with E-state index in [1.165, 1.54) is 0 Å². The third-order valence-corrected chi connectivity index (χ3v) is 6.20. The van der Waals surface area contributed by atoms with Crippen molar-refractivity contribution in [1.29, 1.82) is 0 Å². The van der Waals surface area contributed by atoms with Crippen molar-refractivity contribution in [1.82, 2.24) is 14.8 Å². The van der Waals surface area contributed by atoms with Crippen molar-refractivity contribution in [3.05, 3.63) is 77.5 Å². The predicted molar refractivity (Wildman–Crippen MR) is 135 cm³/mol. The highest BCUT2D eigenvalue weighted by atomic mass is 16.5. The lowest BCUT2D eigenvalue weighted by atomic mass is 10.1. The number of ether oxygens (including phenoxy) is 3. The van der Waals surface area contributed by atoms with E-state index in [9.17, 15) is 4.79 Å². The number of rotatable bonds is 9. The van der Waals surface area contributed by atoms with Crippen molar-refractivity contribution in [3.8, 4) is 17.2 Å². The number of carbonyl (C=O) groups is 1. The highest BCUT2D eigenvalue weighted by Crippen LogP contribution is 2.26. The minimum Gasteiger partial charge on any atom is -0.497 e. The predicted octanol–water partition coefficient (Wildman–Crippen LogP) is 3.68. The first-order valence-electron chi connectivity index (χ1n) is 11.7. The molecule has 35 heavy (non-hydrogen) atoms. The molecule has 2 heterocycles. The number of hydrogen-bond acceptors (Lipinski definition) is 7. The Bertz CT molecular complexity index is 1130. The number of benzene rings is 2. The average Bonchev–Trinajstić information content (AvgIpc) is 2.92. The number of nitrogens with one attached hydrogen (secondary N) is 1. The van der Waals surface area contributed by atoms with Crippen LogP contribution < -0.4 is 19.5 Å². The molecule has 2 aromatic carbocycles. The van der Waals surface area contributed by atoms with Crippen LogP contribution >= 0.6 is 0 Å². The normalized spacial score (nSPS) is 13.9. The second kappa shape index (κ2) is 11.6. The van der Waals surface area contributed by atoms with Gasteiger partial charge in [0.1, 0.15) is 23.1 Å². The number of piperazine rings is 1. The van der Waals surface area contributed by atoms with Crippen molar-refractivity contribution >= 4 is 11.7 Å². The number of amides is 1. The SMILES string of the molecule is COc1ccc(CNc2ncccc2CN2CCN(C(=O)c3ccc(OC)cc3OC)CC2)cc1. The summed E-state index contributed by atoms with van der Waals surface area (Å²) in [5, 5.41) is 3.46. The monoisotopic (exact) mass is 476 g/mol. The van der Waals surface area contributed by atoms with Gasteiger partial charge in [0.2, 0.25) is 0 Å². The summed E-state index contributed by atoms with van der Waals surface area (Å²) in [6.45, 7) is 4.34. The molecule has 0 atom stereocenters. The van der Waals surface area contributed by atoms with Crippen molar-refractivity contribution in [2.24, 2.45) is 0 Å². The highest BCUT2D eigenvalue weighted by molar-refractivity contribution is 5.97. The molecule has 4 rings (SSSR count). The molecule has 1 saturated heterocycles. The fourth-order valence-electron chi connectivity index (χ4n) is 4.15. The van der Waals surface area contributed by atoms with Crippen LogP contribution in [0.3, 0.4) is 0 Å². The molecule has 8 nitrogen and oxygen atoms in total. The number of pyridine rings is 1. The van der Waals surface area contributed by atoms with Crippen LogP contribution in [0.4, 0.5) is 5.82 Å². The summed E-state index contributed by atoms with van der Waals surface area (Å²) in [6, 6.07) is 17.4. The van der Waals surface area contributed by atoms with E-state index in [0.29, 0.717) is 36.7 Å². The van der Waals surface area contributed by atoms with E-state index in [4.69, 9.17) is 14.2 Å². The van der Waals surface area contributed by atoms with Gasteiger partial charge in [-0.2, -0.15) is 0 Å². The van der Waals surface area contributed by atoms with E-state index < -0.39 is 0 Å². The van der Waals surface area contributed by atoms with E-state index in [1.54, 1.807) is 45.7 Å². The Morgan fingerprint density at radius 3 is 2.31 bits per heavy atom. The molecule has 0 radical (unpaired) electrons. The first-order valence-corrected chi connectivity index (χ1v) is 11.7. The van der Waals surface area contributed by atoms with Crippen LogP contribution in [0.15, 0.2) is 60.8 Å². The number of carbonyl (C=O) groups excluding carboxylic acids is 1. The lowest BCUT2D eigenvalue weighted by molar-refractivity contribution is 0.0625. The van der Waals surface area contributed by atoms with E-state index in [2.05, 4.69) is 21.3 Å². The molecule has 0 aliphatic carbocycles. The molecule has 0 bridgehead atoms.